The fourth-order valence-corrected chi connectivity index (χ4v) is 1.89. The highest BCUT2D eigenvalue weighted by Gasteiger charge is 2.15. The van der Waals surface area contributed by atoms with Crippen LogP contribution in [0.4, 0.5) is 0 Å². The molecule has 1 aromatic carbocycles. The second kappa shape index (κ2) is 4.56. The van der Waals surface area contributed by atoms with E-state index in [1.54, 1.807) is 36.6 Å². The van der Waals surface area contributed by atoms with Crippen LogP contribution in [0.15, 0.2) is 41.0 Å². The Morgan fingerprint density at radius 1 is 1.11 bits per heavy atom. The first-order chi connectivity index (χ1) is 8.83. The number of ether oxygens (including phenoxy) is 2. The maximum atomic E-state index is 12.0. The van der Waals surface area contributed by atoms with E-state index >= 15 is 0 Å². The minimum absolute atomic E-state index is 0.00178. The number of benzene rings is 1. The van der Waals surface area contributed by atoms with Crippen LogP contribution < -0.4 is 9.47 Å². The zero-order valence-electron chi connectivity index (χ0n) is 9.72. The number of furan rings is 1. The third kappa shape index (κ3) is 2.09. The molecule has 1 aliphatic heterocycles. The second-order valence-electron chi connectivity index (χ2n) is 4.04. The van der Waals surface area contributed by atoms with Crippen LogP contribution >= 0.6 is 0 Å². The van der Waals surface area contributed by atoms with Crippen molar-refractivity contribution in [2.24, 2.45) is 0 Å². The quantitative estimate of drug-likeness (QED) is 0.778. The molecule has 4 heteroatoms. The van der Waals surface area contributed by atoms with Gasteiger partial charge >= 0.3 is 0 Å². The molecule has 2 aromatic rings. The van der Waals surface area contributed by atoms with Gasteiger partial charge in [0, 0.05) is 5.56 Å². The van der Waals surface area contributed by atoms with E-state index in [1.807, 2.05) is 0 Å². The van der Waals surface area contributed by atoms with Crippen LogP contribution in [0.5, 0.6) is 11.5 Å². The average Bonchev–Trinajstić information content (AvgIpc) is 2.91. The van der Waals surface area contributed by atoms with Gasteiger partial charge in [-0.15, -0.1) is 0 Å². The number of rotatable bonds is 3. The van der Waals surface area contributed by atoms with E-state index in [1.165, 1.54) is 0 Å². The zero-order chi connectivity index (χ0) is 12.4. The molecule has 0 fully saturated rings. The van der Waals surface area contributed by atoms with Crippen LogP contribution in [-0.2, 0) is 6.42 Å². The molecular weight excluding hydrogens is 232 g/mol. The van der Waals surface area contributed by atoms with E-state index in [0.717, 1.165) is 0 Å². The monoisotopic (exact) mass is 244 g/mol. The molecule has 0 bridgehead atoms. The lowest BCUT2D eigenvalue weighted by Gasteiger charge is -2.18. The van der Waals surface area contributed by atoms with E-state index in [2.05, 4.69) is 0 Å². The van der Waals surface area contributed by atoms with Crippen molar-refractivity contribution in [1.29, 1.82) is 0 Å². The summed E-state index contributed by atoms with van der Waals surface area (Å²) < 4.78 is 16.0. The summed E-state index contributed by atoms with van der Waals surface area (Å²) in [6, 6.07) is 8.80. The summed E-state index contributed by atoms with van der Waals surface area (Å²) in [5.74, 6) is 1.99. The van der Waals surface area contributed by atoms with Crippen molar-refractivity contribution in [2.75, 3.05) is 13.2 Å². The lowest BCUT2D eigenvalue weighted by atomic mass is 10.1. The number of hydrogen-bond donors (Lipinski definition) is 0. The minimum atomic E-state index is 0.00178. The van der Waals surface area contributed by atoms with Gasteiger partial charge in [0.25, 0.3) is 0 Å². The van der Waals surface area contributed by atoms with Gasteiger partial charge in [-0.3, -0.25) is 4.79 Å². The molecule has 0 saturated heterocycles. The highest BCUT2D eigenvalue weighted by Crippen LogP contribution is 2.31. The molecule has 0 radical (unpaired) electrons. The van der Waals surface area contributed by atoms with Gasteiger partial charge in [-0.25, -0.2) is 0 Å². The van der Waals surface area contributed by atoms with E-state index in [9.17, 15) is 4.79 Å². The summed E-state index contributed by atoms with van der Waals surface area (Å²) in [7, 11) is 0. The van der Waals surface area contributed by atoms with Crippen LogP contribution in [0.1, 0.15) is 16.1 Å². The topological polar surface area (TPSA) is 48.7 Å². The summed E-state index contributed by atoms with van der Waals surface area (Å²) in [5.41, 5.74) is 0.607. The van der Waals surface area contributed by atoms with E-state index < -0.39 is 0 Å². The van der Waals surface area contributed by atoms with Crippen molar-refractivity contribution >= 4 is 5.78 Å². The first kappa shape index (κ1) is 10.9. The van der Waals surface area contributed by atoms with Crippen molar-refractivity contribution in [3.63, 3.8) is 0 Å². The molecule has 92 valence electrons. The fourth-order valence-electron chi connectivity index (χ4n) is 1.89. The van der Waals surface area contributed by atoms with Gasteiger partial charge < -0.3 is 13.9 Å². The van der Waals surface area contributed by atoms with Crippen molar-refractivity contribution in [1.82, 2.24) is 0 Å². The van der Waals surface area contributed by atoms with Crippen LogP contribution in [0.25, 0.3) is 0 Å². The third-order valence-corrected chi connectivity index (χ3v) is 2.78. The Labute approximate surface area is 104 Å². The summed E-state index contributed by atoms with van der Waals surface area (Å²) in [6.07, 6.45) is 1.82. The average molecular weight is 244 g/mol. The molecule has 1 aromatic heterocycles. The van der Waals surface area contributed by atoms with Crippen molar-refractivity contribution in [3.05, 3.63) is 47.9 Å². The first-order valence-corrected chi connectivity index (χ1v) is 5.78. The van der Waals surface area contributed by atoms with Crippen molar-refractivity contribution in [2.45, 2.75) is 6.42 Å². The molecule has 4 nitrogen and oxygen atoms in total. The van der Waals surface area contributed by atoms with Crippen molar-refractivity contribution in [3.8, 4) is 11.5 Å². The lowest BCUT2D eigenvalue weighted by Crippen LogP contribution is -2.16. The largest absolute Gasteiger partial charge is 0.486 e. The molecule has 0 amide bonds. The highest BCUT2D eigenvalue weighted by atomic mass is 16.6. The summed E-state index contributed by atoms with van der Waals surface area (Å²) in [4.78, 5) is 12.0. The summed E-state index contributed by atoms with van der Waals surface area (Å²) >= 11 is 0. The lowest BCUT2D eigenvalue weighted by molar-refractivity contribution is 0.0985. The number of carbonyl (C=O) groups excluding carboxylic acids is 1. The third-order valence-electron chi connectivity index (χ3n) is 2.78. The minimum Gasteiger partial charge on any atom is -0.486 e. The SMILES string of the molecule is O=C(Cc1ccco1)c1ccc2c(c1)OCCO2. The number of Topliss-reactive ketones (excluding diaryl/α,β-unsaturated/α-hetero) is 1. The number of ketones is 1. The van der Waals surface area contributed by atoms with E-state index in [-0.39, 0.29) is 12.2 Å². The van der Waals surface area contributed by atoms with E-state index in [0.29, 0.717) is 36.0 Å². The molecule has 0 spiro atoms. The van der Waals surface area contributed by atoms with E-state index in [4.69, 9.17) is 13.9 Å². The highest BCUT2D eigenvalue weighted by molar-refractivity contribution is 5.97. The van der Waals surface area contributed by atoms with Crippen LogP contribution in [0, 0.1) is 0 Å². The normalized spacial score (nSPS) is 13.3. The van der Waals surface area contributed by atoms with Gasteiger partial charge in [0.15, 0.2) is 17.3 Å². The van der Waals surface area contributed by atoms with Crippen LogP contribution in [0.3, 0.4) is 0 Å². The Morgan fingerprint density at radius 3 is 2.72 bits per heavy atom. The van der Waals surface area contributed by atoms with Gasteiger partial charge in [0.1, 0.15) is 19.0 Å². The molecule has 18 heavy (non-hydrogen) atoms. The number of carbonyl (C=O) groups is 1. The number of hydrogen-bond acceptors (Lipinski definition) is 4. The summed E-state index contributed by atoms with van der Waals surface area (Å²) in [6.45, 7) is 1.06. The molecule has 0 unspecified atom stereocenters. The smallest absolute Gasteiger partial charge is 0.170 e. The van der Waals surface area contributed by atoms with Gasteiger partial charge in [-0.05, 0) is 30.3 Å². The maximum absolute atomic E-state index is 12.0. The standard InChI is InChI=1S/C14H12O4/c15-12(9-11-2-1-5-16-11)10-3-4-13-14(8-10)18-7-6-17-13/h1-5,8H,6-7,9H2. The van der Waals surface area contributed by atoms with Gasteiger partial charge in [0.2, 0.25) is 0 Å². The predicted molar refractivity (Wildman–Crippen MR) is 64.2 cm³/mol. The Hall–Kier alpha value is -2.23. The molecule has 2 heterocycles. The molecule has 0 saturated carbocycles. The molecule has 0 aliphatic carbocycles. The van der Waals surface area contributed by atoms with Crippen LogP contribution in [0.2, 0.25) is 0 Å². The Kier molecular flexibility index (Phi) is 2.76. The molecule has 0 N–H and O–H groups in total. The maximum Gasteiger partial charge on any atom is 0.170 e. The summed E-state index contributed by atoms with van der Waals surface area (Å²) in [5, 5.41) is 0. The van der Waals surface area contributed by atoms with Crippen LogP contribution in [-0.4, -0.2) is 19.0 Å². The van der Waals surface area contributed by atoms with Gasteiger partial charge in [-0.2, -0.15) is 0 Å². The Bertz CT molecular complexity index is 557. The molecule has 3 rings (SSSR count). The van der Waals surface area contributed by atoms with Crippen molar-refractivity contribution < 1.29 is 18.7 Å². The second-order valence-corrected chi connectivity index (χ2v) is 4.04. The first-order valence-electron chi connectivity index (χ1n) is 5.78. The van der Waals surface area contributed by atoms with Gasteiger partial charge in [-0.1, -0.05) is 0 Å². The zero-order valence-corrected chi connectivity index (χ0v) is 9.72. The number of fused-ring (bicyclic) bond motifs is 1. The Morgan fingerprint density at radius 2 is 1.94 bits per heavy atom. The Balaban J connectivity index is 1.81. The molecule has 1 aliphatic rings. The molecular formula is C14H12O4. The fraction of sp³-hybridized carbons (Fsp3) is 0.214. The predicted octanol–water partition coefficient (Wildman–Crippen LogP) is 2.48. The molecule has 0 atom stereocenters. The van der Waals surface area contributed by atoms with Gasteiger partial charge in [0.05, 0.1) is 12.7 Å².